The Morgan fingerprint density at radius 1 is 1.00 bits per heavy atom. The van der Waals surface area contributed by atoms with Crippen molar-refractivity contribution in [3.05, 3.63) is 84.6 Å². The van der Waals surface area contributed by atoms with Crippen molar-refractivity contribution in [3.63, 3.8) is 0 Å². The molecule has 0 radical (unpaired) electrons. The summed E-state index contributed by atoms with van der Waals surface area (Å²) in [5.41, 5.74) is -0.593. The first-order valence-electron chi connectivity index (χ1n) is 9.26. The SMILES string of the molecule is C[C@H](Cc1ccc([N+](=O)[O-])cc1)[n+]1cc(NC(=O)Nc2ccc([N+](=O)[O-])cc2[N+](=O)[O-])on1. The van der Waals surface area contributed by atoms with Gasteiger partial charge in [0.25, 0.3) is 23.3 Å². The van der Waals surface area contributed by atoms with Crippen LogP contribution in [0.1, 0.15) is 18.5 Å². The molecule has 0 fully saturated rings. The van der Waals surface area contributed by atoms with Crippen molar-refractivity contribution in [2.45, 2.75) is 19.4 Å². The monoisotopic (exact) mass is 458 g/mol. The summed E-state index contributed by atoms with van der Waals surface area (Å²) in [5, 5.41) is 41.1. The van der Waals surface area contributed by atoms with Gasteiger partial charge in [-0.2, -0.15) is 0 Å². The molecule has 2 amide bonds. The van der Waals surface area contributed by atoms with E-state index in [2.05, 4.69) is 15.9 Å². The largest absolute Gasteiger partial charge is 0.326 e. The van der Waals surface area contributed by atoms with Crippen molar-refractivity contribution < 1.29 is 28.8 Å². The van der Waals surface area contributed by atoms with Crippen molar-refractivity contribution in [3.8, 4) is 0 Å². The Labute approximate surface area is 184 Å². The van der Waals surface area contributed by atoms with E-state index < -0.39 is 32.2 Å². The third-order valence-corrected chi connectivity index (χ3v) is 4.49. The maximum absolute atomic E-state index is 12.2. The van der Waals surface area contributed by atoms with Crippen LogP contribution in [0.15, 0.2) is 53.2 Å². The van der Waals surface area contributed by atoms with Crippen LogP contribution in [-0.4, -0.2) is 26.1 Å². The zero-order chi connectivity index (χ0) is 24.1. The van der Waals surface area contributed by atoms with E-state index in [4.69, 9.17) is 4.52 Å². The van der Waals surface area contributed by atoms with E-state index >= 15 is 0 Å². The molecule has 0 spiro atoms. The van der Waals surface area contributed by atoms with Crippen molar-refractivity contribution in [2.24, 2.45) is 0 Å². The highest BCUT2D eigenvalue weighted by atomic mass is 16.6. The van der Waals surface area contributed by atoms with Gasteiger partial charge in [0.1, 0.15) is 5.69 Å². The molecule has 0 aliphatic rings. The lowest BCUT2D eigenvalue weighted by atomic mass is 10.1. The smallest absolute Gasteiger partial charge is 0.302 e. The number of carbonyl (C=O) groups is 1. The minimum atomic E-state index is -0.890. The van der Waals surface area contributed by atoms with Crippen LogP contribution >= 0.6 is 0 Å². The second-order valence-electron chi connectivity index (χ2n) is 6.82. The number of non-ortho nitro benzene ring substituents is 2. The van der Waals surface area contributed by atoms with E-state index in [0.29, 0.717) is 6.42 Å². The zero-order valence-electron chi connectivity index (χ0n) is 16.9. The summed E-state index contributed by atoms with van der Waals surface area (Å²) in [6.45, 7) is 1.81. The van der Waals surface area contributed by atoms with Gasteiger partial charge in [0, 0.05) is 31.5 Å². The second kappa shape index (κ2) is 9.46. The van der Waals surface area contributed by atoms with Gasteiger partial charge in [-0.3, -0.25) is 40.2 Å². The second-order valence-corrected chi connectivity index (χ2v) is 6.82. The molecule has 3 aromatic rings. The van der Waals surface area contributed by atoms with Crippen LogP contribution in [-0.2, 0) is 6.42 Å². The number of nitro groups is 3. The van der Waals surface area contributed by atoms with Gasteiger partial charge in [-0.25, -0.2) is 4.79 Å². The number of nitro benzene ring substituents is 3. The molecule has 0 saturated heterocycles. The molecule has 2 N–H and O–H groups in total. The molecule has 0 aliphatic carbocycles. The molecular weight excluding hydrogens is 442 g/mol. The number of aromatic nitrogens is 2. The molecule has 15 heteroatoms. The number of benzene rings is 2. The van der Waals surface area contributed by atoms with Crippen molar-refractivity contribution in [1.82, 2.24) is 5.27 Å². The first-order chi connectivity index (χ1) is 15.6. The molecule has 1 aromatic heterocycles. The summed E-state index contributed by atoms with van der Waals surface area (Å²) in [6, 6.07) is 7.71. The van der Waals surface area contributed by atoms with Crippen LogP contribution in [0.25, 0.3) is 0 Å². The van der Waals surface area contributed by atoms with Gasteiger partial charge in [-0.05, 0) is 16.3 Å². The van der Waals surface area contributed by atoms with Crippen molar-refractivity contribution >= 4 is 34.7 Å². The normalized spacial score (nSPS) is 11.4. The molecule has 1 heterocycles. The number of rotatable bonds is 8. The minimum Gasteiger partial charge on any atom is -0.302 e. The highest BCUT2D eigenvalue weighted by molar-refractivity contribution is 6.00. The molecule has 3 rings (SSSR count). The highest BCUT2D eigenvalue weighted by Gasteiger charge is 2.24. The Morgan fingerprint density at radius 2 is 1.64 bits per heavy atom. The Bertz CT molecular complexity index is 1220. The maximum atomic E-state index is 12.2. The van der Waals surface area contributed by atoms with E-state index in [1.165, 1.54) is 23.0 Å². The predicted molar refractivity (Wildman–Crippen MR) is 111 cm³/mol. The van der Waals surface area contributed by atoms with Gasteiger partial charge in [-0.1, -0.05) is 12.1 Å². The van der Waals surface area contributed by atoms with Gasteiger partial charge in [0.05, 0.1) is 20.8 Å². The molecule has 0 bridgehead atoms. The fourth-order valence-corrected chi connectivity index (χ4v) is 2.87. The van der Waals surface area contributed by atoms with Crippen molar-refractivity contribution in [2.75, 3.05) is 10.6 Å². The van der Waals surface area contributed by atoms with Crippen LogP contribution in [0.3, 0.4) is 0 Å². The molecule has 15 nitrogen and oxygen atoms in total. The summed E-state index contributed by atoms with van der Waals surface area (Å²) in [5.74, 6) is -0.0624. The topological polar surface area (TPSA) is 200 Å². The molecule has 0 unspecified atom stereocenters. The van der Waals surface area contributed by atoms with Crippen LogP contribution in [0, 0.1) is 30.3 Å². The lowest BCUT2D eigenvalue weighted by Gasteiger charge is -2.05. The van der Waals surface area contributed by atoms with Crippen LogP contribution in [0.4, 0.5) is 33.4 Å². The lowest BCUT2D eigenvalue weighted by Crippen LogP contribution is -2.40. The first-order valence-corrected chi connectivity index (χ1v) is 9.26. The summed E-state index contributed by atoms with van der Waals surface area (Å²) in [4.78, 5) is 42.8. The fraction of sp³-hybridized carbons (Fsp3) is 0.167. The van der Waals surface area contributed by atoms with Crippen LogP contribution in [0.2, 0.25) is 0 Å². The average molecular weight is 458 g/mol. The lowest BCUT2D eigenvalue weighted by molar-refractivity contribution is -0.782. The molecule has 0 aliphatic heterocycles. The Balaban J connectivity index is 1.64. The summed E-state index contributed by atoms with van der Waals surface area (Å²) in [7, 11) is 0. The minimum absolute atomic E-state index is 0.0220. The third kappa shape index (κ3) is 5.60. The number of hydrogen-bond acceptors (Lipinski definition) is 9. The van der Waals surface area contributed by atoms with Gasteiger partial charge < -0.3 is 5.32 Å². The van der Waals surface area contributed by atoms with E-state index in [1.807, 2.05) is 6.92 Å². The highest BCUT2D eigenvalue weighted by Crippen LogP contribution is 2.29. The molecular formula is C18H16N7O8+. The maximum Gasteiger partial charge on any atom is 0.326 e. The molecule has 0 saturated carbocycles. The zero-order valence-corrected chi connectivity index (χ0v) is 16.9. The van der Waals surface area contributed by atoms with Crippen molar-refractivity contribution in [1.29, 1.82) is 0 Å². The Morgan fingerprint density at radius 3 is 2.24 bits per heavy atom. The average Bonchev–Trinajstić information content (AvgIpc) is 3.22. The van der Waals surface area contributed by atoms with E-state index in [0.717, 1.165) is 23.8 Å². The number of urea groups is 1. The summed E-state index contributed by atoms with van der Waals surface area (Å²) < 4.78 is 6.46. The van der Waals surface area contributed by atoms with Gasteiger partial charge in [0.15, 0.2) is 6.04 Å². The number of nitrogens with one attached hydrogen (secondary N) is 2. The van der Waals surface area contributed by atoms with E-state index in [-0.39, 0.29) is 23.3 Å². The molecule has 2 aromatic carbocycles. The standard InChI is InChI=1S/C18H15N7O8/c1-11(8-12-2-4-13(5-3-12)23(27)28)22-10-17(33-21-22)20-18(26)19-15-7-6-14(24(29)30)9-16(15)25(31)32/h2-7,9-11H,8H2,1H3,(H-,19,20,21,26)/p+1/t11-/m1/s1. The Kier molecular flexibility index (Phi) is 6.52. The summed E-state index contributed by atoms with van der Waals surface area (Å²) in [6.07, 6.45) is 1.86. The fourth-order valence-electron chi connectivity index (χ4n) is 2.87. The quantitative estimate of drug-likeness (QED) is 0.289. The first kappa shape index (κ1) is 22.7. The van der Waals surface area contributed by atoms with Gasteiger partial charge in [-0.15, -0.1) is 0 Å². The number of carbonyl (C=O) groups excluding carboxylic acids is 1. The van der Waals surface area contributed by atoms with Gasteiger partial charge in [0.2, 0.25) is 5.27 Å². The predicted octanol–water partition coefficient (Wildman–Crippen LogP) is 3.13. The van der Waals surface area contributed by atoms with E-state index in [9.17, 15) is 35.1 Å². The van der Waals surface area contributed by atoms with Gasteiger partial charge >= 0.3 is 11.9 Å². The molecule has 33 heavy (non-hydrogen) atoms. The molecule has 170 valence electrons. The van der Waals surface area contributed by atoms with E-state index in [1.54, 1.807) is 12.1 Å². The van der Waals surface area contributed by atoms with Crippen LogP contribution < -0.4 is 15.3 Å². The number of nitrogens with zero attached hydrogens (tertiary/aromatic N) is 5. The third-order valence-electron chi connectivity index (χ3n) is 4.49. The number of amides is 2. The van der Waals surface area contributed by atoms with Crippen LogP contribution in [0.5, 0.6) is 0 Å². The summed E-state index contributed by atoms with van der Waals surface area (Å²) >= 11 is 0. The number of hydrogen-bond donors (Lipinski definition) is 2. The number of anilines is 2. The molecule has 1 atom stereocenters. The Hall–Kier alpha value is -4.95.